The molecular formula is C42H49F2N5O7. The number of β-amino-alcohol motifs (C(OH)–C–C–N with tert-alkyl or cyclic N) is 1. The average Bonchev–Trinajstić information content (AvgIpc) is 3.56. The van der Waals surface area contributed by atoms with E-state index in [1.807, 2.05) is 0 Å². The Bertz CT molecular complexity index is 2160. The van der Waals surface area contributed by atoms with Crippen molar-refractivity contribution < 1.29 is 43.0 Å². The fourth-order valence-electron chi connectivity index (χ4n) is 9.56. The van der Waals surface area contributed by atoms with Crippen LogP contribution in [0.1, 0.15) is 57.4 Å². The maximum atomic E-state index is 17.4. The fraction of sp³-hybridized carbons (Fsp3) is 0.548. The normalized spacial score (nSPS) is 26.3. The van der Waals surface area contributed by atoms with Crippen LogP contribution in [0.2, 0.25) is 0 Å². The monoisotopic (exact) mass is 773 g/mol. The molecule has 1 aliphatic carbocycles. The first-order valence-corrected chi connectivity index (χ1v) is 19.5. The SMILES string of the molecule is C#Cc1c(F)ccc2cc(O)cc(-c3nc(OC)c4c(N5C[C@H](CO)OC[C@@](C)(O)C5)nc(OCC56CCCC5N(CC5CCOCC5)CCC6)nc4c3F)c12. The number of anilines is 1. The fourth-order valence-corrected chi connectivity index (χ4v) is 9.56. The summed E-state index contributed by atoms with van der Waals surface area (Å²) in [6.07, 6.45) is 12.4. The molecule has 4 atom stereocenters. The number of hydrogen-bond donors (Lipinski definition) is 3. The molecule has 14 heteroatoms. The van der Waals surface area contributed by atoms with Gasteiger partial charge in [0.1, 0.15) is 39.6 Å². The number of hydrogen-bond acceptors (Lipinski definition) is 12. The number of halogens is 2. The molecule has 8 rings (SSSR count). The number of aromatic nitrogens is 3. The summed E-state index contributed by atoms with van der Waals surface area (Å²) < 4.78 is 56.4. The average molecular weight is 774 g/mol. The molecule has 3 N–H and O–H groups in total. The predicted molar refractivity (Wildman–Crippen MR) is 206 cm³/mol. The number of aliphatic hydroxyl groups excluding tert-OH is 1. The Morgan fingerprint density at radius 1 is 1.07 bits per heavy atom. The highest BCUT2D eigenvalue weighted by Crippen LogP contribution is 2.49. The number of pyridine rings is 1. The molecule has 2 aromatic heterocycles. The van der Waals surface area contributed by atoms with Crippen LogP contribution in [-0.4, -0.2) is 119 Å². The van der Waals surface area contributed by atoms with Crippen LogP contribution in [-0.2, 0) is 9.47 Å². The number of likely N-dealkylation sites (tertiary alicyclic amines) is 1. The Kier molecular flexibility index (Phi) is 10.7. The largest absolute Gasteiger partial charge is 0.508 e. The molecule has 3 aliphatic heterocycles. The second-order valence-electron chi connectivity index (χ2n) is 16.2. The van der Waals surface area contributed by atoms with E-state index in [-0.39, 0.29) is 88.3 Å². The van der Waals surface area contributed by atoms with Crippen molar-refractivity contribution in [3.63, 3.8) is 0 Å². The lowest BCUT2D eigenvalue weighted by atomic mass is 9.75. The lowest BCUT2D eigenvalue weighted by Crippen LogP contribution is -2.53. The first kappa shape index (κ1) is 38.5. The molecule has 4 fully saturated rings. The molecule has 2 unspecified atom stereocenters. The Labute approximate surface area is 324 Å². The van der Waals surface area contributed by atoms with Gasteiger partial charge in [-0.1, -0.05) is 18.4 Å². The van der Waals surface area contributed by atoms with Crippen LogP contribution in [0.3, 0.4) is 0 Å². The van der Waals surface area contributed by atoms with Gasteiger partial charge in [0.15, 0.2) is 5.82 Å². The first-order valence-electron chi connectivity index (χ1n) is 19.5. The van der Waals surface area contributed by atoms with E-state index in [0.29, 0.717) is 24.0 Å². The lowest BCUT2D eigenvalue weighted by Gasteiger charge is -2.47. The van der Waals surface area contributed by atoms with E-state index in [9.17, 15) is 15.3 Å². The lowest BCUT2D eigenvalue weighted by molar-refractivity contribution is -0.0528. The molecule has 1 saturated carbocycles. The summed E-state index contributed by atoms with van der Waals surface area (Å²) in [6, 6.07) is 5.60. The molecule has 56 heavy (non-hydrogen) atoms. The standard InChI is InChI=1S/C42H49F2N5O7/c1-4-29-31(43)9-8-26-17-27(51)18-30(33(26)29)36-35(44)37-34(39(45-36)53-3)38(49-20-28(21-50)55-23-41(2,52)22-49)47-40(46-37)56-24-42-12-5-7-32(42)48(14-6-13-42)19-25-10-15-54-16-11-25/h1,8-9,17-18,25,28,32,50-52H,5-7,10-16,19-24H2,2-3H3/t28-,32?,41+,42?/m1/s1. The van der Waals surface area contributed by atoms with E-state index in [0.717, 1.165) is 71.2 Å². The van der Waals surface area contributed by atoms with Crippen molar-refractivity contribution in [3.05, 3.63) is 41.5 Å². The number of methoxy groups -OCH3 is 1. The van der Waals surface area contributed by atoms with Crippen LogP contribution >= 0.6 is 0 Å². The number of benzene rings is 2. The molecular weight excluding hydrogens is 724 g/mol. The van der Waals surface area contributed by atoms with Gasteiger partial charge >= 0.3 is 6.01 Å². The molecule has 3 saturated heterocycles. The Balaban J connectivity index is 1.26. The highest BCUT2D eigenvalue weighted by atomic mass is 19.1. The number of aliphatic hydroxyl groups is 2. The molecule has 5 heterocycles. The molecule has 4 aliphatic rings. The number of rotatable bonds is 9. The Morgan fingerprint density at radius 3 is 2.64 bits per heavy atom. The summed E-state index contributed by atoms with van der Waals surface area (Å²) in [7, 11) is 1.37. The molecule has 4 aromatic rings. The minimum atomic E-state index is -1.37. The van der Waals surface area contributed by atoms with E-state index < -0.39 is 23.3 Å². The quantitative estimate of drug-likeness (QED) is 0.192. The van der Waals surface area contributed by atoms with Crippen LogP contribution in [0, 0.1) is 35.3 Å². The maximum Gasteiger partial charge on any atom is 0.319 e. The van der Waals surface area contributed by atoms with Crippen molar-refractivity contribution >= 4 is 27.5 Å². The van der Waals surface area contributed by atoms with Gasteiger partial charge in [0.25, 0.3) is 0 Å². The molecule has 12 nitrogen and oxygen atoms in total. The van der Waals surface area contributed by atoms with Crippen molar-refractivity contribution in [1.29, 1.82) is 0 Å². The van der Waals surface area contributed by atoms with Crippen LogP contribution in [0.25, 0.3) is 32.9 Å². The van der Waals surface area contributed by atoms with Gasteiger partial charge < -0.3 is 39.2 Å². The highest BCUT2D eigenvalue weighted by molar-refractivity contribution is 6.04. The Hall–Kier alpha value is -4.39. The molecule has 0 bridgehead atoms. The maximum absolute atomic E-state index is 17.4. The van der Waals surface area contributed by atoms with Crippen molar-refractivity contribution in [2.45, 2.75) is 69.6 Å². The van der Waals surface area contributed by atoms with Gasteiger partial charge in [0.05, 0.1) is 45.1 Å². The smallest absolute Gasteiger partial charge is 0.319 e. The van der Waals surface area contributed by atoms with Gasteiger partial charge in [-0.3, -0.25) is 4.90 Å². The van der Waals surface area contributed by atoms with E-state index in [1.54, 1.807) is 11.8 Å². The van der Waals surface area contributed by atoms with Gasteiger partial charge in [0.2, 0.25) is 5.88 Å². The molecule has 0 radical (unpaired) electrons. The molecule has 0 spiro atoms. The van der Waals surface area contributed by atoms with Crippen molar-refractivity contribution in [2.24, 2.45) is 11.3 Å². The van der Waals surface area contributed by atoms with Crippen molar-refractivity contribution in [1.82, 2.24) is 19.9 Å². The van der Waals surface area contributed by atoms with Crippen molar-refractivity contribution in [2.75, 3.05) is 71.2 Å². The number of fused-ring (bicyclic) bond motifs is 3. The van der Waals surface area contributed by atoms with Crippen LogP contribution < -0.4 is 14.4 Å². The third-order valence-corrected chi connectivity index (χ3v) is 12.2. The third-order valence-electron chi connectivity index (χ3n) is 12.2. The summed E-state index contributed by atoms with van der Waals surface area (Å²) in [5, 5.41) is 32.9. The van der Waals surface area contributed by atoms with Crippen molar-refractivity contribution in [3.8, 4) is 41.2 Å². The number of terminal acetylenes is 1. The second kappa shape index (κ2) is 15.5. The summed E-state index contributed by atoms with van der Waals surface area (Å²) in [5.74, 6) is 1.28. The summed E-state index contributed by atoms with van der Waals surface area (Å²) >= 11 is 0. The number of nitrogens with zero attached hydrogens (tertiary/aromatic N) is 5. The number of piperidine rings is 1. The number of aromatic hydroxyl groups is 1. The topological polar surface area (TPSA) is 143 Å². The van der Waals surface area contributed by atoms with Crippen LogP contribution in [0.4, 0.5) is 14.6 Å². The Morgan fingerprint density at radius 2 is 1.88 bits per heavy atom. The van der Waals surface area contributed by atoms with E-state index in [4.69, 9.17) is 35.3 Å². The zero-order valence-corrected chi connectivity index (χ0v) is 31.9. The zero-order valence-electron chi connectivity index (χ0n) is 31.9. The number of phenols is 1. The second-order valence-corrected chi connectivity index (χ2v) is 16.2. The highest BCUT2D eigenvalue weighted by Gasteiger charge is 2.49. The van der Waals surface area contributed by atoms with Crippen LogP contribution in [0.5, 0.6) is 17.6 Å². The van der Waals surface area contributed by atoms with Gasteiger partial charge in [-0.25, -0.2) is 13.8 Å². The van der Waals surface area contributed by atoms with E-state index >= 15 is 8.78 Å². The predicted octanol–water partition coefficient (Wildman–Crippen LogP) is 5.21. The molecule has 2 aromatic carbocycles. The molecule has 0 amide bonds. The third kappa shape index (κ3) is 7.20. The van der Waals surface area contributed by atoms with Gasteiger partial charge in [0, 0.05) is 48.7 Å². The number of ether oxygens (including phenoxy) is 4. The minimum absolute atomic E-state index is 0.0107. The van der Waals surface area contributed by atoms with Gasteiger partial charge in [-0.15, -0.1) is 6.42 Å². The summed E-state index contributed by atoms with van der Waals surface area (Å²) in [4.78, 5) is 18.5. The minimum Gasteiger partial charge on any atom is -0.508 e. The molecule has 298 valence electrons. The van der Waals surface area contributed by atoms with Crippen LogP contribution in [0.15, 0.2) is 24.3 Å². The number of phenolic OH excluding ortho intramolecular Hbond substituents is 1. The summed E-state index contributed by atoms with van der Waals surface area (Å²) in [5.41, 5.74) is -2.06. The summed E-state index contributed by atoms with van der Waals surface area (Å²) in [6.45, 7) is 5.34. The van der Waals surface area contributed by atoms with Gasteiger partial charge in [-0.2, -0.15) is 9.97 Å². The van der Waals surface area contributed by atoms with E-state index in [2.05, 4.69) is 15.8 Å². The zero-order chi connectivity index (χ0) is 39.2. The van der Waals surface area contributed by atoms with E-state index in [1.165, 1.54) is 31.4 Å². The first-order chi connectivity index (χ1) is 27.0. The van der Waals surface area contributed by atoms with Gasteiger partial charge in [-0.05, 0) is 81.5 Å².